The molecule has 0 aromatic carbocycles. The maximum Gasteiger partial charge on any atom is 0.158 e. The Bertz CT molecular complexity index is 424. The standard InChI is InChI=1S/C15H26N4O/c1-4-16-13-9-15(18-14(17-13)11-20-5-2)19-8-6-7-12(3)10-19/h9,12H,4-8,10-11H2,1-3H3,(H,16,17,18). The third-order valence-corrected chi connectivity index (χ3v) is 3.53. The van der Waals surface area contributed by atoms with Crippen LogP contribution in [0, 0.1) is 5.92 Å². The zero-order valence-corrected chi connectivity index (χ0v) is 12.9. The van der Waals surface area contributed by atoms with E-state index in [1.165, 1.54) is 12.8 Å². The lowest BCUT2D eigenvalue weighted by molar-refractivity contribution is 0.128. The second-order valence-corrected chi connectivity index (χ2v) is 5.39. The van der Waals surface area contributed by atoms with E-state index in [0.717, 1.165) is 43.0 Å². The Morgan fingerprint density at radius 2 is 2.25 bits per heavy atom. The number of anilines is 2. The van der Waals surface area contributed by atoms with Gasteiger partial charge in [-0.25, -0.2) is 9.97 Å². The fraction of sp³-hybridized carbons (Fsp3) is 0.733. The summed E-state index contributed by atoms with van der Waals surface area (Å²) < 4.78 is 5.44. The zero-order chi connectivity index (χ0) is 14.4. The van der Waals surface area contributed by atoms with E-state index in [0.29, 0.717) is 13.2 Å². The summed E-state index contributed by atoms with van der Waals surface area (Å²) in [7, 11) is 0. The molecule has 0 saturated carbocycles. The quantitative estimate of drug-likeness (QED) is 0.867. The topological polar surface area (TPSA) is 50.3 Å². The summed E-state index contributed by atoms with van der Waals surface area (Å²) in [5.41, 5.74) is 0. The van der Waals surface area contributed by atoms with Crippen molar-refractivity contribution < 1.29 is 4.74 Å². The van der Waals surface area contributed by atoms with Gasteiger partial charge in [0.15, 0.2) is 5.82 Å². The third-order valence-electron chi connectivity index (χ3n) is 3.53. The van der Waals surface area contributed by atoms with Crippen LogP contribution in [0.4, 0.5) is 11.6 Å². The van der Waals surface area contributed by atoms with Crippen LogP contribution < -0.4 is 10.2 Å². The number of nitrogens with one attached hydrogen (secondary N) is 1. The van der Waals surface area contributed by atoms with Gasteiger partial charge in [-0.15, -0.1) is 0 Å². The van der Waals surface area contributed by atoms with Crippen LogP contribution in [0.1, 0.15) is 39.4 Å². The minimum atomic E-state index is 0.478. The van der Waals surface area contributed by atoms with Gasteiger partial charge in [-0.3, -0.25) is 0 Å². The van der Waals surface area contributed by atoms with Gasteiger partial charge in [-0.05, 0) is 32.6 Å². The van der Waals surface area contributed by atoms with Gasteiger partial charge in [0.1, 0.15) is 18.2 Å². The molecule has 1 aliphatic heterocycles. The molecule has 1 aliphatic rings. The van der Waals surface area contributed by atoms with Gasteiger partial charge >= 0.3 is 0 Å². The summed E-state index contributed by atoms with van der Waals surface area (Å²) >= 11 is 0. The Hall–Kier alpha value is -1.36. The van der Waals surface area contributed by atoms with Crippen molar-refractivity contribution in [2.75, 3.05) is 36.5 Å². The van der Waals surface area contributed by atoms with Gasteiger partial charge in [0.25, 0.3) is 0 Å². The predicted octanol–water partition coefficient (Wildman–Crippen LogP) is 2.68. The Kier molecular flexibility index (Phi) is 5.59. The van der Waals surface area contributed by atoms with E-state index in [-0.39, 0.29) is 0 Å². The molecule has 1 aromatic heterocycles. The first kappa shape index (κ1) is 15.0. The molecular formula is C15H26N4O. The Balaban J connectivity index is 2.18. The molecule has 112 valence electrons. The van der Waals surface area contributed by atoms with Crippen LogP contribution in [0.2, 0.25) is 0 Å². The van der Waals surface area contributed by atoms with Crippen molar-refractivity contribution >= 4 is 11.6 Å². The fourth-order valence-corrected chi connectivity index (χ4v) is 2.57. The molecule has 5 nitrogen and oxygen atoms in total. The number of hydrogen-bond donors (Lipinski definition) is 1. The average Bonchev–Trinajstić information content (AvgIpc) is 2.45. The number of piperidine rings is 1. The molecule has 0 amide bonds. The van der Waals surface area contributed by atoms with E-state index in [1.54, 1.807) is 0 Å². The molecule has 2 heterocycles. The summed E-state index contributed by atoms with van der Waals surface area (Å²) in [5, 5.41) is 3.28. The van der Waals surface area contributed by atoms with Gasteiger partial charge < -0.3 is 15.0 Å². The molecule has 0 radical (unpaired) electrons. The first-order chi connectivity index (χ1) is 9.72. The van der Waals surface area contributed by atoms with E-state index in [1.807, 2.05) is 6.92 Å². The Morgan fingerprint density at radius 1 is 1.40 bits per heavy atom. The highest BCUT2D eigenvalue weighted by Gasteiger charge is 2.18. The largest absolute Gasteiger partial charge is 0.374 e. The zero-order valence-electron chi connectivity index (χ0n) is 12.9. The lowest BCUT2D eigenvalue weighted by Gasteiger charge is -2.32. The molecule has 1 fully saturated rings. The number of hydrogen-bond acceptors (Lipinski definition) is 5. The minimum absolute atomic E-state index is 0.478. The van der Waals surface area contributed by atoms with Crippen molar-refractivity contribution in [1.29, 1.82) is 0 Å². The van der Waals surface area contributed by atoms with Gasteiger partial charge in [-0.2, -0.15) is 0 Å². The van der Waals surface area contributed by atoms with Crippen LogP contribution in [0.15, 0.2) is 6.07 Å². The van der Waals surface area contributed by atoms with E-state index in [2.05, 4.69) is 40.1 Å². The average molecular weight is 278 g/mol. The second kappa shape index (κ2) is 7.43. The highest BCUT2D eigenvalue weighted by molar-refractivity contribution is 5.49. The lowest BCUT2D eigenvalue weighted by Crippen LogP contribution is -2.35. The lowest BCUT2D eigenvalue weighted by atomic mass is 10.0. The fourth-order valence-electron chi connectivity index (χ4n) is 2.57. The summed E-state index contributed by atoms with van der Waals surface area (Å²) in [5.74, 6) is 3.41. The number of rotatable bonds is 6. The monoisotopic (exact) mass is 278 g/mol. The summed E-state index contributed by atoms with van der Waals surface area (Å²) in [4.78, 5) is 11.5. The van der Waals surface area contributed by atoms with Crippen molar-refractivity contribution in [2.45, 2.75) is 40.2 Å². The molecule has 1 N–H and O–H groups in total. The normalized spacial score (nSPS) is 19.1. The molecule has 1 saturated heterocycles. The summed E-state index contributed by atoms with van der Waals surface area (Å²) in [6.45, 7) is 10.6. The molecule has 2 rings (SSSR count). The molecule has 1 atom stereocenters. The maximum absolute atomic E-state index is 5.44. The number of ether oxygens (including phenoxy) is 1. The molecular weight excluding hydrogens is 252 g/mol. The molecule has 0 aliphatic carbocycles. The Morgan fingerprint density at radius 3 is 2.95 bits per heavy atom. The van der Waals surface area contributed by atoms with E-state index in [4.69, 9.17) is 4.74 Å². The first-order valence-electron chi connectivity index (χ1n) is 7.67. The molecule has 0 spiro atoms. The summed E-state index contributed by atoms with van der Waals surface area (Å²) in [6, 6.07) is 2.05. The smallest absolute Gasteiger partial charge is 0.158 e. The maximum atomic E-state index is 5.44. The minimum Gasteiger partial charge on any atom is -0.374 e. The molecule has 1 aromatic rings. The van der Waals surface area contributed by atoms with Crippen LogP contribution in [0.25, 0.3) is 0 Å². The number of nitrogens with zero attached hydrogens (tertiary/aromatic N) is 3. The van der Waals surface area contributed by atoms with Crippen LogP contribution in [0.5, 0.6) is 0 Å². The van der Waals surface area contributed by atoms with Crippen molar-refractivity contribution in [3.05, 3.63) is 11.9 Å². The first-order valence-corrected chi connectivity index (χ1v) is 7.67. The molecule has 5 heteroatoms. The number of aromatic nitrogens is 2. The van der Waals surface area contributed by atoms with Crippen molar-refractivity contribution in [2.24, 2.45) is 5.92 Å². The van der Waals surface area contributed by atoms with E-state index < -0.39 is 0 Å². The van der Waals surface area contributed by atoms with E-state index >= 15 is 0 Å². The van der Waals surface area contributed by atoms with E-state index in [9.17, 15) is 0 Å². The Labute approximate surface area is 121 Å². The van der Waals surface area contributed by atoms with Crippen molar-refractivity contribution in [3.8, 4) is 0 Å². The van der Waals surface area contributed by atoms with Gasteiger partial charge in [0.05, 0.1) is 0 Å². The summed E-state index contributed by atoms with van der Waals surface area (Å²) in [6.07, 6.45) is 2.55. The van der Waals surface area contributed by atoms with Crippen LogP contribution in [-0.2, 0) is 11.3 Å². The third kappa shape index (κ3) is 4.07. The van der Waals surface area contributed by atoms with Gasteiger partial charge in [-0.1, -0.05) is 6.92 Å². The molecule has 0 bridgehead atoms. The highest BCUT2D eigenvalue weighted by atomic mass is 16.5. The van der Waals surface area contributed by atoms with Crippen LogP contribution >= 0.6 is 0 Å². The predicted molar refractivity (Wildman–Crippen MR) is 82.1 cm³/mol. The van der Waals surface area contributed by atoms with Crippen LogP contribution in [-0.4, -0.2) is 36.2 Å². The van der Waals surface area contributed by atoms with Gasteiger partial charge in [0, 0.05) is 32.3 Å². The SMILES string of the molecule is CCNc1cc(N2CCCC(C)C2)nc(COCC)n1. The molecule has 1 unspecified atom stereocenters. The molecule has 20 heavy (non-hydrogen) atoms. The van der Waals surface area contributed by atoms with Crippen molar-refractivity contribution in [1.82, 2.24) is 9.97 Å². The van der Waals surface area contributed by atoms with Gasteiger partial charge in [0.2, 0.25) is 0 Å². The van der Waals surface area contributed by atoms with Crippen LogP contribution in [0.3, 0.4) is 0 Å². The second-order valence-electron chi connectivity index (χ2n) is 5.39. The van der Waals surface area contributed by atoms with Crippen molar-refractivity contribution in [3.63, 3.8) is 0 Å². The highest BCUT2D eigenvalue weighted by Crippen LogP contribution is 2.23.